The zero-order valence-electron chi connectivity index (χ0n) is 11.8. The quantitative estimate of drug-likeness (QED) is 0.853. The molecule has 2 aromatic rings. The largest absolute Gasteiger partial charge is 0.479 e. The summed E-state index contributed by atoms with van der Waals surface area (Å²) in [6, 6.07) is 18.3. The predicted molar refractivity (Wildman–Crippen MR) is 86.9 cm³/mol. The van der Waals surface area contributed by atoms with Gasteiger partial charge in [0.2, 0.25) is 0 Å². The summed E-state index contributed by atoms with van der Waals surface area (Å²) < 4.78 is 6.39. The summed E-state index contributed by atoms with van der Waals surface area (Å²) in [6.07, 6.45) is 0. The third kappa shape index (κ3) is 4.89. The van der Waals surface area contributed by atoms with Crippen LogP contribution in [0, 0.1) is 11.3 Å². The summed E-state index contributed by atoms with van der Waals surface area (Å²) in [5.74, 6) is 0.729. The third-order valence-corrected chi connectivity index (χ3v) is 3.71. The van der Waals surface area contributed by atoms with E-state index in [9.17, 15) is 0 Å². The Balaban J connectivity index is 1.93. The van der Waals surface area contributed by atoms with E-state index in [-0.39, 0.29) is 12.6 Å². The number of nitrogens with zero attached hydrogens (tertiary/aromatic N) is 1. The molecule has 0 heterocycles. The topological polar surface area (TPSA) is 45.0 Å². The van der Waals surface area contributed by atoms with E-state index in [0.717, 1.165) is 22.3 Å². The molecule has 0 spiro atoms. The zero-order chi connectivity index (χ0) is 15.1. The molecule has 0 bridgehead atoms. The summed E-state index contributed by atoms with van der Waals surface area (Å²) in [5, 5.41) is 12.0. The predicted octanol–water partition coefficient (Wildman–Crippen LogP) is 4.20. The lowest BCUT2D eigenvalue weighted by Crippen LogP contribution is -2.18. The van der Waals surface area contributed by atoms with E-state index in [2.05, 4.69) is 40.3 Å². The molecule has 0 aliphatic heterocycles. The van der Waals surface area contributed by atoms with E-state index < -0.39 is 0 Å². The van der Waals surface area contributed by atoms with Crippen molar-refractivity contribution in [2.75, 3.05) is 6.61 Å². The first kappa shape index (κ1) is 15.6. The summed E-state index contributed by atoms with van der Waals surface area (Å²) in [6.45, 7) is 2.96. The molecule has 0 unspecified atom stereocenters. The Kier molecular flexibility index (Phi) is 5.79. The zero-order valence-corrected chi connectivity index (χ0v) is 13.4. The van der Waals surface area contributed by atoms with Gasteiger partial charge in [0.25, 0.3) is 0 Å². The number of ether oxygens (including phenoxy) is 1. The Morgan fingerprint density at radius 1 is 1.24 bits per heavy atom. The first-order valence-electron chi connectivity index (χ1n) is 6.76. The number of halogens is 1. The lowest BCUT2D eigenvalue weighted by Gasteiger charge is -2.15. The van der Waals surface area contributed by atoms with Gasteiger partial charge in [0.1, 0.15) is 11.8 Å². The maximum absolute atomic E-state index is 8.53. The minimum Gasteiger partial charge on any atom is -0.479 e. The molecule has 2 aromatic carbocycles. The fourth-order valence-electron chi connectivity index (χ4n) is 2.00. The fraction of sp³-hybridized carbons (Fsp3) is 0.235. The summed E-state index contributed by atoms with van der Waals surface area (Å²) in [5.41, 5.74) is 2.38. The number of benzene rings is 2. The van der Waals surface area contributed by atoms with Crippen LogP contribution >= 0.6 is 15.9 Å². The van der Waals surface area contributed by atoms with Gasteiger partial charge in [0.15, 0.2) is 6.61 Å². The lowest BCUT2D eigenvalue weighted by molar-refractivity contribution is 0.367. The van der Waals surface area contributed by atoms with Gasteiger partial charge < -0.3 is 10.1 Å². The average molecular weight is 345 g/mol. The first-order chi connectivity index (χ1) is 10.2. The van der Waals surface area contributed by atoms with Gasteiger partial charge in [0.05, 0.1) is 0 Å². The molecule has 2 rings (SSSR count). The highest BCUT2D eigenvalue weighted by atomic mass is 79.9. The van der Waals surface area contributed by atoms with Crippen molar-refractivity contribution in [1.29, 1.82) is 5.26 Å². The van der Waals surface area contributed by atoms with Crippen LogP contribution in [-0.2, 0) is 6.54 Å². The summed E-state index contributed by atoms with van der Waals surface area (Å²) >= 11 is 3.44. The number of hydrogen-bond donors (Lipinski definition) is 1. The van der Waals surface area contributed by atoms with E-state index >= 15 is 0 Å². The molecule has 21 heavy (non-hydrogen) atoms. The van der Waals surface area contributed by atoms with Crippen molar-refractivity contribution >= 4 is 15.9 Å². The van der Waals surface area contributed by atoms with Crippen molar-refractivity contribution in [1.82, 2.24) is 5.32 Å². The van der Waals surface area contributed by atoms with Gasteiger partial charge in [-0.2, -0.15) is 5.26 Å². The number of rotatable bonds is 6. The summed E-state index contributed by atoms with van der Waals surface area (Å²) in [4.78, 5) is 0. The van der Waals surface area contributed by atoms with Crippen LogP contribution in [0.5, 0.6) is 5.75 Å². The average Bonchev–Trinajstić information content (AvgIpc) is 2.52. The minimum atomic E-state index is 0.0756. The van der Waals surface area contributed by atoms with Crippen LogP contribution < -0.4 is 10.1 Å². The fourth-order valence-corrected chi connectivity index (χ4v) is 2.27. The molecule has 1 N–H and O–H groups in total. The van der Waals surface area contributed by atoms with Crippen LogP contribution in [0.25, 0.3) is 0 Å². The molecule has 3 nitrogen and oxygen atoms in total. The Morgan fingerprint density at radius 3 is 2.71 bits per heavy atom. The van der Waals surface area contributed by atoms with Crippen molar-refractivity contribution in [3.63, 3.8) is 0 Å². The van der Waals surface area contributed by atoms with Crippen molar-refractivity contribution in [2.24, 2.45) is 0 Å². The number of hydrogen-bond acceptors (Lipinski definition) is 3. The van der Waals surface area contributed by atoms with Crippen LogP contribution in [0.1, 0.15) is 24.1 Å². The highest BCUT2D eigenvalue weighted by molar-refractivity contribution is 9.10. The normalized spacial score (nSPS) is 11.7. The van der Waals surface area contributed by atoms with Gasteiger partial charge in [-0.05, 0) is 42.3 Å². The molecule has 0 saturated carbocycles. The molecular formula is C17H17BrN2O. The van der Waals surface area contributed by atoms with Gasteiger partial charge >= 0.3 is 0 Å². The maximum Gasteiger partial charge on any atom is 0.174 e. The lowest BCUT2D eigenvalue weighted by atomic mass is 10.1. The molecule has 0 amide bonds. The maximum atomic E-state index is 8.53. The van der Waals surface area contributed by atoms with E-state index in [0.29, 0.717) is 0 Å². The van der Waals surface area contributed by atoms with E-state index in [1.165, 1.54) is 5.56 Å². The smallest absolute Gasteiger partial charge is 0.174 e. The van der Waals surface area contributed by atoms with Crippen LogP contribution in [0.15, 0.2) is 53.0 Å². The number of nitrogens with one attached hydrogen (secondary N) is 1. The van der Waals surface area contributed by atoms with Crippen LogP contribution in [-0.4, -0.2) is 6.61 Å². The molecular weight excluding hydrogens is 328 g/mol. The monoisotopic (exact) mass is 344 g/mol. The molecule has 0 saturated heterocycles. The molecule has 0 aromatic heterocycles. The van der Waals surface area contributed by atoms with E-state index in [4.69, 9.17) is 10.00 Å². The molecule has 1 atom stereocenters. The Labute approximate surface area is 133 Å². The highest BCUT2D eigenvalue weighted by Gasteiger charge is 2.05. The molecule has 0 radical (unpaired) electrons. The standard InChI is InChI=1S/C17H17BrN2O/c1-13(15-5-7-16(18)8-6-15)20-12-14-3-2-4-17(11-14)21-10-9-19/h2-8,11,13,20H,10,12H2,1H3/t13-/m0/s1. The minimum absolute atomic E-state index is 0.0756. The Bertz CT molecular complexity index is 619. The van der Waals surface area contributed by atoms with Crippen LogP contribution in [0.2, 0.25) is 0 Å². The molecule has 0 aliphatic carbocycles. The van der Waals surface area contributed by atoms with Crippen LogP contribution in [0.4, 0.5) is 0 Å². The van der Waals surface area contributed by atoms with Crippen LogP contribution in [0.3, 0.4) is 0 Å². The molecule has 108 valence electrons. The van der Waals surface area contributed by atoms with E-state index in [1.54, 1.807) is 0 Å². The summed E-state index contributed by atoms with van der Waals surface area (Å²) in [7, 11) is 0. The van der Waals surface area contributed by atoms with Gasteiger partial charge in [-0.1, -0.05) is 40.2 Å². The van der Waals surface area contributed by atoms with Crippen molar-refractivity contribution < 1.29 is 4.74 Å². The Morgan fingerprint density at radius 2 is 2.00 bits per heavy atom. The first-order valence-corrected chi connectivity index (χ1v) is 7.56. The van der Waals surface area contributed by atoms with E-state index in [1.807, 2.05) is 42.5 Å². The van der Waals surface area contributed by atoms with Gasteiger partial charge in [-0.25, -0.2) is 0 Å². The number of nitriles is 1. The Hall–Kier alpha value is -1.83. The van der Waals surface area contributed by atoms with Crippen molar-refractivity contribution in [2.45, 2.75) is 19.5 Å². The second-order valence-corrected chi connectivity index (χ2v) is 5.66. The van der Waals surface area contributed by atoms with Gasteiger partial charge in [0, 0.05) is 17.1 Å². The van der Waals surface area contributed by atoms with Gasteiger partial charge in [-0.15, -0.1) is 0 Å². The SMILES string of the molecule is C[C@H](NCc1cccc(OCC#N)c1)c1ccc(Br)cc1. The molecule has 4 heteroatoms. The van der Waals surface area contributed by atoms with Gasteiger partial charge in [-0.3, -0.25) is 0 Å². The second kappa shape index (κ2) is 7.82. The van der Waals surface area contributed by atoms with Crippen molar-refractivity contribution in [3.05, 3.63) is 64.1 Å². The molecule has 0 fully saturated rings. The second-order valence-electron chi connectivity index (χ2n) is 4.75. The third-order valence-electron chi connectivity index (χ3n) is 3.18. The van der Waals surface area contributed by atoms with Crippen molar-refractivity contribution in [3.8, 4) is 11.8 Å². The molecule has 0 aliphatic rings. The highest BCUT2D eigenvalue weighted by Crippen LogP contribution is 2.18.